The van der Waals surface area contributed by atoms with Crippen LogP contribution in [-0.4, -0.2) is 5.37 Å². The van der Waals surface area contributed by atoms with Crippen LogP contribution < -0.4 is 5.32 Å². The molecule has 0 spiro atoms. The maximum absolute atomic E-state index is 10.9. The van der Waals surface area contributed by atoms with Crippen molar-refractivity contribution in [2.24, 2.45) is 0 Å². The number of anilines is 1. The first kappa shape index (κ1) is 11.7. The van der Waals surface area contributed by atoms with Crippen molar-refractivity contribution in [3.8, 4) is 11.1 Å². The van der Waals surface area contributed by atoms with Crippen LogP contribution >= 0.6 is 11.6 Å². The van der Waals surface area contributed by atoms with Gasteiger partial charge in [-0.2, -0.15) is 0 Å². The van der Waals surface area contributed by atoms with Crippen LogP contribution in [0.1, 0.15) is 5.56 Å². The number of aryl methyl sites for hydroxylation is 1. The normalized spacial score (nSPS) is 10.0. The summed E-state index contributed by atoms with van der Waals surface area (Å²) in [7, 11) is 0. The van der Waals surface area contributed by atoms with Gasteiger partial charge in [0.05, 0.1) is 0 Å². The molecule has 0 aromatic heterocycles. The van der Waals surface area contributed by atoms with E-state index in [1.54, 1.807) is 0 Å². The number of halogens is 1. The van der Waals surface area contributed by atoms with Gasteiger partial charge < -0.3 is 5.32 Å². The van der Waals surface area contributed by atoms with E-state index in [9.17, 15) is 4.79 Å². The highest BCUT2D eigenvalue weighted by atomic mass is 35.5. The number of hydrogen-bond donors (Lipinski definition) is 1. The molecule has 1 N–H and O–H groups in total. The standard InChI is InChI=1S/C14H12ClNO/c1-10-6-2-3-7-11(10)12-8-4-5-9-13(12)16-14(15)17/h2-9H,1H3,(H,16,17). The Kier molecular flexibility index (Phi) is 3.45. The molecule has 0 saturated carbocycles. The number of carbonyl (C=O) groups excluding carboxylic acids is 1. The molecule has 0 unspecified atom stereocenters. The summed E-state index contributed by atoms with van der Waals surface area (Å²) >= 11 is 5.36. The molecule has 2 rings (SSSR count). The summed E-state index contributed by atoms with van der Waals surface area (Å²) < 4.78 is 0. The minimum Gasteiger partial charge on any atom is -0.312 e. The van der Waals surface area contributed by atoms with E-state index in [2.05, 4.69) is 5.32 Å². The van der Waals surface area contributed by atoms with Crippen LogP contribution in [-0.2, 0) is 0 Å². The highest BCUT2D eigenvalue weighted by molar-refractivity contribution is 6.65. The molecule has 86 valence electrons. The van der Waals surface area contributed by atoms with Gasteiger partial charge in [-0.25, -0.2) is 0 Å². The van der Waals surface area contributed by atoms with Crippen LogP contribution in [0.25, 0.3) is 11.1 Å². The molecule has 0 bridgehead atoms. The lowest BCUT2D eigenvalue weighted by atomic mass is 9.99. The van der Waals surface area contributed by atoms with Crippen LogP contribution in [0.4, 0.5) is 10.5 Å². The first-order chi connectivity index (χ1) is 8.18. The maximum Gasteiger partial charge on any atom is 0.318 e. The summed E-state index contributed by atoms with van der Waals surface area (Å²) in [5.41, 5.74) is 3.94. The van der Waals surface area contributed by atoms with Crippen LogP contribution in [0.5, 0.6) is 0 Å². The second-order valence-electron chi connectivity index (χ2n) is 3.76. The van der Waals surface area contributed by atoms with Crippen molar-refractivity contribution < 1.29 is 4.79 Å². The van der Waals surface area contributed by atoms with Crippen molar-refractivity contribution in [2.45, 2.75) is 6.92 Å². The molecule has 1 amide bonds. The third kappa shape index (κ3) is 2.66. The Morgan fingerprint density at radius 3 is 2.24 bits per heavy atom. The topological polar surface area (TPSA) is 29.1 Å². The van der Waals surface area contributed by atoms with Crippen molar-refractivity contribution in [3.05, 3.63) is 54.1 Å². The van der Waals surface area contributed by atoms with Gasteiger partial charge in [-0.1, -0.05) is 42.5 Å². The fraction of sp³-hybridized carbons (Fsp3) is 0.0714. The summed E-state index contributed by atoms with van der Waals surface area (Å²) in [6.07, 6.45) is 0. The zero-order valence-electron chi connectivity index (χ0n) is 9.41. The predicted molar refractivity (Wildman–Crippen MR) is 71.5 cm³/mol. The molecule has 0 heterocycles. The number of nitrogens with one attached hydrogen (secondary N) is 1. The third-order valence-corrected chi connectivity index (χ3v) is 2.69. The molecule has 0 aliphatic rings. The van der Waals surface area contributed by atoms with E-state index in [-0.39, 0.29) is 0 Å². The van der Waals surface area contributed by atoms with Crippen molar-refractivity contribution in [1.82, 2.24) is 0 Å². The molecule has 0 aliphatic carbocycles. The monoisotopic (exact) mass is 245 g/mol. The molecule has 0 saturated heterocycles. The molecule has 17 heavy (non-hydrogen) atoms. The second kappa shape index (κ2) is 5.02. The van der Waals surface area contributed by atoms with Crippen LogP contribution in [0.3, 0.4) is 0 Å². The molecule has 2 aromatic rings. The van der Waals surface area contributed by atoms with Gasteiger partial charge in [-0.15, -0.1) is 0 Å². The van der Waals surface area contributed by atoms with Crippen molar-refractivity contribution in [2.75, 3.05) is 5.32 Å². The molecule has 2 nitrogen and oxygen atoms in total. The molecule has 0 aliphatic heterocycles. The van der Waals surface area contributed by atoms with Crippen molar-refractivity contribution in [1.29, 1.82) is 0 Å². The van der Waals surface area contributed by atoms with Gasteiger partial charge in [0.25, 0.3) is 0 Å². The molecular formula is C14H12ClNO. The number of para-hydroxylation sites is 1. The van der Waals surface area contributed by atoms with Crippen molar-refractivity contribution >= 4 is 22.7 Å². The average Bonchev–Trinajstić information content (AvgIpc) is 2.30. The fourth-order valence-electron chi connectivity index (χ4n) is 1.81. The zero-order valence-corrected chi connectivity index (χ0v) is 10.2. The van der Waals surface area contributed by atoms with Gasteiger partial charge in [0.15, 0.2) is 0 Å². The minimum absolute atomic E-state index is 0.578. The van der Waals surface area contributed by atoms with E-state index in [1.807, 2.05) is 55.5 Å². The molecule has 3 heteroatoms. The fourth-order valence-corrected chi connectivity index (χ4v) is 1.91. The van der Waals surface area contributed by atoms with E-state index >= 15 is 0 Å². The van der Waals surface area contributed by atoms with E-state index in [1.165, 1.54) is 0 Å². The van der Waals surface area contributed by atoms with Gasteiger partial charge in [0, 0.05) is 11.3 Å². The largest absolute Gasteiger partial charge is 0.318 e. The van der Waals surface area contributed by atoms with Gasteiger partial charge in [0.1, 0.15) is 0 Å². The van der Waals surface area contributed by atoms with Gasteiger partial charge >= 0.3 is 5.37 Å². The Morgan fingerprint density at radius 1 is 1.00 bits per heavy atom. The summed E-state index contributed by atoms with van der Waals surface area (Å²) in [5, 5.41) is 2.05. The highest BCUT2D eigenvalue weighted by Gasteiger charge is 2.07. The van der Waals surface area contributed by atoms with E-state index in [0.29, 0.717) is 0 Å². The van der Waals surface area contributed by atoms with E-state index in [0.717, 1.165) is 22.4 Å². The van der Waals surface area contributed by atoms with Gasteiger partial charge in [0.2, 0.25) is 0 Å². The quantitative estimate of drug-likeness (QED) is 0.615. The van der Waals surface area contributed by atoms with Crippen LogP contribution in [0.2, 0.25) is 0 Å². The first-order valence-electron chi connectivity index (χ1n) is 5.30. The van der Waals surface area contributed by atoms with Gasteiger partial charge in [-0.05, 0) is 35.7 Å². The molecule has 0 atom stereocenters. The van der Waals surface area contributed by atoms with Crippen LogP contribution in [0.15, 0.2) is 48.5 Å². The van der Waals surface area contributed by atoms with Gasteiger partial charge in [-0.3, -0.25) is 4.79 Å². The Balaban J connectivity index is 2.52. The summed E-state index contributed by atoms with van der Waals surface area (Å²) in [5.74, 6) is 0. The highest BCUT2D eigenvalue weighted by Crippen LogP contribution is 2.30. The Labute approximate surface area is 105 Å². The summed E-state index contributed by atoms with van der Waals surface area (Å²) in [6.45, 7) is 2.04. The lowest BCUT2D eigenvalue weighted by Crippen LogP contribution is -2.02. The maximum atomic E-state index is 10.9. The zero-order chi connectivity index (χ0) is 12.3. The minimum atomic E-state index is -0.578. The molecular weight excluding hydrogens is 234 g/mol. The molecule has 0 radical (unpaired) electrons. The average molecular weight is 246 g/mol. The Hall–Kier alpha value is -1.80. The van der Waals surface area contributed by atoms with Crippen LogP contribution in [0, 0.1) is 6.92 Å². The first-order valence-corrected chi connectivity index (χ1v) is 5.68. The van der Waals surface area contributed by atoms with E-state index in [4.69, 9.17) is 11.6 Å². The second-order valence-corrected chi connectivity index (χ2v) is 4.10. The summed E-state index contributed by atoms with van der Waals surface area (Å²) in [4.78, 5) is 10.9. The third-order valence-electron chi connectivity index (χ3n) is 2.60. The Bertz CT molecular complexity index is 551. The number of amides is 1. The number of hydrogen-bond acceptors (Lipinski definition) is 1. The lowest BCUT2D eigenvalue weighted by molar-refractivity contribution is 0.269. The Morgan fingerprint density at radius 2 is 1.59 bits per heavy atom. The number of rotatable bonds is 2. The number of carbonyl (C=O) groups is 1. The molecule has 2 aromatic carbocycles. The SMILES string of the molecule is Cc1ccccc1-c1ccccc1NC(=O)Cl. The lowest BCUT2D eigenvalue weighted by Gasteiger charge is -2.11. The molecule has 0 fully saturated rings. The summed E-state index contributed by atoms with van der Waals surface area (Å²) in [6, 6.07) is 15.6. The van der Waals surface area contributed by atoms with Crippen molar-refractivity contribution in [3.63, 3.8) is 0 Å². The van der Waals surface area contributed by atoms with E-state index < -0.39 is 5.37 Å². The number of benzene rings is 2. The smallest absolute Gasteiger partial charge is 0.312 e. The predicted octanol–water partition coefficient (Wildman–Crippen LogP) is 4.43.